The van der Waals surface area contributed by atoms with Crippen LogP contribution in [-0.4, -0.2) is 10.6 Å². The van der Waals surface area contributed by atoms with Gasteiger partial charge < -0.3 is 20.9 Å². The van der Waals surface area contributed by atoms with E-state index in [1.54, 1.807) is 12.1 Å². The number of aromatic nitrogens is 1. The average molecular weight is 271 g/mol. The van der Waals surface area contributed by atoms with Crippen LogP contribution in [0.4, 0.5) is 11.5 Å². The van der Waals surface area contributed by atoms with E-state index < -0.39 is 0 Å². The summed E-state index contributed by atoms with van der Waals surface area (Å²) in [5, 5.41) is 0. The second-order valence-corrected chi connectivity index (χ2v) is 5.51. The zero-order valence-electron chi connectivity index (χ0n) is 11.5. The molecule has 20 heavy (non-hydrogen) atoms. The number of para-hydroxylation sites is 1. The Balaban J connectivity index is 1.93. The molecule has 2 aromatic rings. The number of fused-ring (bicyclic) bond motifs is 1. The van der Waals surface area contributed by atoms with Crippen LogP contribution in [-0.2, 0) is 6.42 Å². The molecule has 0 aliphatic carbocycles. The van der Waals surface area contributed by atoms with Crippen LogP contribution in [0.25, 0.3) is 0 Å². The fourth-order valence-electron chi connectivity index (χ4n) is 2.30. The van der Waals surface area contributed by atoms with E-state index in [2.05, 4.69) is 18.8 Å². The number of nitrogens with two attached hydrogens (primary N) is 2. The van der Waals surface area contributed by atoms with E-state index in [9.17, 15) is 0 Å². The standard InChI is InChI=1S/C15H17N3O2/c1-15(2)8-9-4-3-5-11(13(9)20-15)19-12-7-6-10(16)14(17)18-12/h3-7H,8,16H2,1-2H3,(H2,17,18). The van der Waals surface area contributed by atoms with Crippen molar-refractivity contribution in [3.63, 3.8) is 0 Å². The van der Waals surface area contributed by atoms with E-state index in [0.717, 1.165) is 17.7 Å². The van der Waals surface area contributed by atoms with Gasteiger partial charge in [-0.3, -0.25) is 0 Å². The van der Waals surface area contributed by atoms with E-state index >= 15 is 0 Å². The van der Waals surface area contributed by atoms with Crippen molar-refractivity contribution in [3.8, 4) is 17.4 Å². The first-order chi connectivity index (χ1) is 9.44. The largest absolute Gasteiger partial charge is 0.483 e. The van der Waals surface area contributed by atoms with Crippen molar-refractivity contribution in [1.82, 2.24) is 4.98 Å². The van der Waals surface area contributed by atoms with E-state index in [4.69, 9.17) is 20.9 Å². The zero-order chi connectivity index (χ0) is 14.3. The van der Waals surface area contributed by atoms with Crippen LogP contribution in [0.2, 0.25) is 0 Å². The van der Waals surface area contributed by atoms with E-state index in [1.165, 1.54) is 0 Å². The zero-order valence-corrected chi connectivity index (χ0v) is 11.5. The number of ether oxygens (including phenoxy) is 2. The molecular weight excluding hydrogens is 254 g/mol. The van der Waals surface area contributed by atoms with Crippen molar-refractivity contribution >= 4 is 11.5 Å². The smallest absolute Gasteiger partial charge is 0.221 e. The lowest BCUT2D eigenvalue weighted by atomic mass is 10.0. The number of nitrogens with zero attached hydrogens (tertiary/aromatic N) is 1. The summed E-state index contributed by atoms with van der Waals surface area (Å²) in [7, 11) is 0. The maximum atomic E-state index is 5.94. The van der Waals surface area contributed by atoms with Crippen LogP contribution in [0.15, 0.2) is 30.3 Å². The second kappa shape index (κ2) is 4.30. The van der Waals surface area contributed by atoms with Crippen LogP contribution in [0.3, 0.4) is 0 Å². The molecule has 0 saturated carbocycles. The number of anilines is 2. The third-order valence-electron chi connectivity index (χ3n) is 3.20. The molecule has 0 spiro atoms. The number of nitrogen functional groups attached to an aromatic ring is 2. The van der Waals surface area contributed by atoms with Crippen molar-refractivity contribution in [3.05, 3.63) is 35.9 Å². The molecule has 5 nitrogen and oxygen atoms in total. The van der Waals surface area contributed by atoms with Gasteiger partial charge in [-0.05, 0) is 26.0 Å². The first-order valence-electron chi connectivity index (χ1n) is 6.45. The highest BCUT2D eigenvalue weighted by molar-refractivity contribution is 5.59. The molecule has 0 bridgehead atoms. The molecule has 1 aromatic carbocycles. The van der Waals surface area contributed by atoms with Gasteiger partial charge in [0.2, 0.25) is 5.88 Å². The van der Waals surface area contributed by atoms with Gasteiger partial charge in [0.15, 0.2) is 17.3 Å². The van der Waals surface area contributed by atoms with E-state index in [0.29, 0.717) is 17.3 Å². The quantitative estimate of drug-likeness (QED) is 0.877. The van der Waals surface area contributed by atoms with E-state index in [-0.39, 0.29) is 11.4 Å². The number of hydrogen-bond acceptors (Lipinski definition) is 5. The third-order valence-corrected chi connectivity index (χ3v) is 3.20. The molecule has 1 aromatic heterocycles. The van der Waals surface area contributed by atoms with Crippen LogP contribution < -0.4 is 20.9 Å². The summed E-state index contributed by atoms with van der Waals surface area (Å²) in [4.78, 5) is 4.10. The van der Waals surface area contributed by atoms with Gasteiger partial charge in [0.05, 0.1) is 5.69 Å². The lowest BCUT2D eigenvalue weighted by molar-refractivity contribution is 0.135. The Morgan fingerprint density at radius 2 is 2.00 bits per heavy atom. The predicted octanol–water partition coefficient (Wildman–Crippen LogP) is 2.75. The highest BCUT2D eigenvalue weighted by atomic mass is 16.5. The van der Waals surface area contributed by atoms with Gasteiger partial charge in [0.1, 0.15) is 5.60 Å². The Morgan fingerprint density at radius 1 is 1.20 bits per heavy atom. The molecule has 0 atom stereocenters. The van der Waals surface area contributed by atoms with Crippen LogP contribution in [0.5, 0.6) is 17.4 Å². The Morgan fingerprint density at radius 3 is 2.75 bits per heavy atom. The van der Waals surface area contributed by atoms with Crippen LogP contribution in [0.1, 0.15) is 19.4 Å². The molecule has 0 amide bonds. The fourth-order valence-corrected chi connectivity index (χ4v) is 2.30. The number of pyridine rings is 1. The summed E-state index contributed by atoms with van der Waals surface area (Å²) >= 11 is 0. The fraction of sp³-hybridized carbons (Fsp3) is 0.267. The minimum Gasteiger partial charge on any atom is -0.483 e. The Labute approximate surface area is 117 Å². The van der Waals surface area contributed by atoms with Gasteiger partial charge in [-0.25, -0.2) is 0 Å². The maximum absolute atomic E-state index is 5.94. The molecule has 5 heteroatoms. The van der Waals surface area contributed by atoms with Gasteiger partial charge in [-0.1, -0.05) is 12.1 Å². The molecule has 0 saturated heterocycles. The van der Waals surface area contributed by atoms with Gasteiger partial charge in [0, 0.05) is 18.1 Å². The summed E-state index contributed by atoms with van der Waals surface area (Å²) < 4.78 is 11.7. The Hall–Kier alpha value is -2.43. The van der Waals surface area contributed by atoms with Crippen molar-refractivity contribution in [1.29, 1.82) is 0 Å². The maximum Gasteiger partial charge on any atom is 0.221 e. The number of benzene rings is 1. The average Bonchev–Trinajstić information content (AvgIpc) is 2.69. The lowest BCUT2D eigenvalue weighted by Crippen LogP contribution is -2.24. The van der Waals surface area contributed by atoms with E-state index in [1.807, 2.05) is 18.2 Å². The molecule has 104 valence electrons. The first kappa shape index (κ1) is 12.6. The predicted molar refractivity (Wildman–Crippen MR) is 78.0 cm³/mol. The van der Waals surface area contributed by atoms with Crippen molar-refractivity contribution in [2.24, 2.45) is 0 Å². The van der Waals surface area contributed by atoms with Gasteiger partial charge in [0.25, 0.3) is 0 Å². The van der Waals surface area contributed by atoms with Gasteiger partial charge in [-0.15, -0.1) is 0 Å². The number of rotatable bonds is 2. The summed E-state index contributed by atoms with van der Waals surface area (Å²) in [6.45, 7) is 4.10. The molecule has 0 unspecified atom stereocenters. The molecule has 1 aliphatic rings. The minimum absolute atomic E-state index is 0.213. The lowest BCUT2D eigenvalue weighted by Gasteiger charge is -2.18. The molecule has 4 N–H and O–H groups in total. The monoisotopic (exact) mass is 271 g/mol. The highest BCUT2D eigenvalue weighted by Gasteiger charge is 2.32. The number of hydrogen-bond donors (Lipinski definition) is 2. The first-order valence-corrected chi connectivity index (χ1v) is 6.45. The van der Waals surface area contributed by atoms with Crippen LogP contribution in [0, 0.1) is 0 Å². The molecular formula is C15H17N3O2. The van der Waals surface area contributed by atoms with Gasteiger partial charge >= 0.3 is 0 Å². The summed E-state index contributed by atoms with van der Waals surface area (Å²) in [5.74, 6) is 2.08. The SMILES string of the molecule is CC1(C)Cc2cccc(Oc3ccc(N)c(N)n3)c2O1. The van der Waals surface area contributed by atoms with Gasteiger partial charge in [-0.2, -0.15) is 4.98 Å². The van der Waals surface area contributed by atoms with Crippen molar-refractivity contribution in [2.45, 2.75) is 25.9 Å². The summed E-state index contributed by atoms with van der Waals surface area (Å²) in [6.07, 6.45) is 0.858. The summed E-state index contributed by atoms with van der Waals surface area (Å²) in [5.41, 5.74) is 12.7. The second-order valence-electron chi connectivity index (χ2n) is 5.51. The van der Waals surface area contributed by atoms with Crippen molar-refractivity contribution < 1.29 is 9.47 Å². The topological polar surface area (TPSA) is 83.4 Å². The molecule has 2 heterocycles. The molecule has 0 radical (unpaired) electrons. The minimum atomic E-state index is -0.213. The summed E-state index contributed by atoms with van der Waals surface area (Å²) in [6, 6.07) is 9.20. The normalized spacial score (nSPS) is 15.5. The molecule has 1 aliphatic heterocycles. The third kappa shape index (κ3) is 2.22. The molecule has 3 rings (SSSR count). The Kier molecular flexibility index (Phi) is 2.71. The van der Waals surface area contributed by atoms with Crippen molar-refractivity contribution in [2.75, 3.05) is 11.5 Å². The van der Waals surface area contributed by atoms with Crippen LogP contribution >= 0.6 is 0 Å². The Bertz CT molecular complexity index is 668. The molecule has 0 fully saturated rings. The highest BCUT2D eigenvalue weighted by Crippen LogP contribution is 2.43.